The zero-order valence-corrected chi connectivity index (χ0v) is 19.4. The number of carbonyl (C=O) groups is 1. The summed E-state index contributed by atoms with van der Waals surface area (Å²) in [6.45, 7) is 1.22. The molecule has 1 saturated heterocycles. The van der Waals surface area contributed by atoms with E-state index in [0.717, 1.165) is 50.5 Å². The average molecular weight is 453 g/mol. The zero-order chi connectivity index (χ0) is 22.1. The SMILES string of the molecule is O=C(CCc1ccc(S(=O)(=O)N2CCCCC2)cc1)N(C1CC1)C1CCc2ccccc21. The van der Waals surface area contributed by atoms with Crippen molar-refractivity contribution in [3.63, 3.8) is 0 Å². The summed E-state index contributed by atoms with van der Waals surface area (Å²) in [6.07, 6.45) is 8.35. The molecule has 2 fully saturated rings. The molecule has 1 aliphatic heterocycles. The lowest BCUT2D eigenvalue weighted by atomic mass is 10.0. The highest BCUT2D eigenvalue weighted by Gasteiger charge is 2.39. The van der Waals surface area contributed by atoms with Gasteiger partial charge in [-0.15, -0.1) is 0 Å². The molecule has 3 aliphatic rings. The lowest BCUT2D eigenvalue weighted by molar-refractivity contribution is -0.134. The van der Waals surface area contributed by atoms with Crippen LogP contribution in [0.25, 0.3) is 0 Å². The van der Waals surface area contributed by atoms with Gasteiger partial charge in [0.25, 0.3) is 0 Å². The van der Waals surface area contributed by atoms with Crippen molar-refractivity contribution >= 4 is 15.9 Å². The fourth-order valence-electron chi connectivity index (χ4n) is 5.27. The Hall–Kier alpha value is -2.18. The highest BCUT2D eigenvalue weighted by atomic mass is 32.2. The molecule has 32 heavy (non-hydrogen) atoms. The first-order chi connectivity index (χ1) is 15.5. The Morgan fingerprint density at radius 1 is 0.938 bits per heavy atom. The van der Waals surface area contributed by atoms with E-state index in [-0.39, 0.29) is 11.9 Å². The third kappa shape index (κ3) is 4.35. The molecule has 5 rings (SSSR count). The minimum Gasteiger partial charge on any atom is -0.333 e. The monoisotopic (exact) mass is 452 g/mol. The first-order valence-corrected chi connectivity index (χ1v) is 13.5. The van der Waals surface area contributed by atoms with Crippen molar-refractivity contribution in [2.45, 2.75) is 74.8 Å². The molecule has 1 atom stereocenters. The summed E-state index contributed by atoms with van der Waals surface area (Å²) in [6, 6.07) is 16.3. The first-order valence-electron chi connectivity index (χ1n) is 12.0. The Morgan fingerprint density at radius 2 is 1.66 bits per heavy atom. The number of carbonyl (C=O) groups excluding carboxylic acids is 1. The van der Waals surface area contributed by atoms with Crippen molar-refractivity contribution in [1.29, 1.82) is 0 Å². The van der Waals surface area contributed by atoms with Crippen LogP contribution in [0.4, 0.5) is 0 Å². The van der Waals surface area contributed by atoms with Crippen molar-refractivity contribution in [1.82, 2.24) is 9.21 Å². The van der Waals surface area contributed by atoms with E-state index in [2.05, 4.69) is 29.2 Å². The maximum Gasteiger partial charge on any atom is 0.243 e. The molecule has 170 valence electrons. The van der Waals surface area contributed by atoms with Crippen molar-refractivity contribution < 1.29 is 13.2 Å². The second-order valence-electron chi connectivity index (χ2n) is 9.39. The first kappa shape index (κ1) is 21.7. The molecule has 0 spiro atoms. The van der Waals surface area contributed by atoms with Gasteiger partial charge in [0, 0.05) is 25.6 Å². The maximum atomic E-state index is 13.3. The van der Waals surface area contributed by atoms with Gasteiger partial charge in [-0.25, -0.2) is 8.42 Å². The summed E-state index contributed by atoms with van der Waals surface area (Å²) in [5.41, 5.74) is 3.71. The number of nitrogens with zero attached hydrogens (tertiary/aromatic N) is 2. The van der Waals surface area contributed by atoms with Crippen molar-refractivity contribution in [3.8, 4) is 0 Å². The standard InChI is InChI=1S/C26H32N2O3S/c29-26(28(22-12-13-22)25-16-11-21-6-2-3-7-24(21)25)17-10-20-8-14-23(15-9-20)32(30,31)27-18-4-1-5-19-27/h2-3,6-9,14-15,22,25H,1,4-5,10-13,16-19H2. The van der Waals surface area contributed by atoms with Crippen LogP contribution < -0.4 is 0 Å². The quantitative estimate of drug-likeness (QED) is 0.623. The molecular formula is C26H32N2O3S. The summed E-state index contributed by atoms with van der Waals surface area (Å²) in [5.74, 6) is 0.221. The summed E-state index contributed by atoms with van der Waals surface area (Å²) in [7, 11) is -3.41. The van der Waals surface area contributed by atoms with Crippen LogP contribution in [0, 0.1) is 0 Å². The van der Waals surface area contributed by atoms with Crippen LogP contribution in [0.15, 0.2) is 53.4 Å². The summed E-state index contributed by atoms with van der Waals surface area (Å²) < 4.78 is 27.3. The molecule has 0 N–H and O–H groups in total. The van der Waals surface area contributed by atoms with E-state index in [1.165, 1.54) is 11.1 Å². The van der Waals surface area contributed by atoms with Gasteiger partial charge < -0.3 is 4.90 Å². The third-order valence-corrected chi connectivity index (χ3v) is 9.08. The average Bonchev–Trinajstić information content (AvgIpc) is 3.58. The molecule has 0 radical (unpaired) electrons. The molecule has 6 heteroatoms. The van der Waals surface area contributed by atoms with Crippen LogP contribution in [0.5, 0.6) is 0 Å². The van der Waals surface area contributed by atoms with Crippen LogP contribution in [-0.2, 0) is 27.7 Å². The second-order valence-corrected chi connectivity index (χ2v) is 11.3. The summed E-state index contributed by atoms with van der Waals surface area (Å²) >= 11 is 0. The number of amides is 1. The predicted octanol–water partition coefficient (Wildman–Crippen LogP) is 4.47. The maximum absolute atomic E-state index is 13.3. The Balaban J connectivity index is 1.24. The van der Waals surface area contributed by atoms with E-state index in [0.29, 0.717) is 36.9 Å². The van der Waals surface area contributed by atoms with Crippen LogP contribution in [-0.4, -0.2) is 42.7 Å². The Morgan fingerprint density at radius 3 is 2.38 bits per heavy atom. The number of hydrogen-bond donors (Lipinski definition) is 0. The predicted molar refractivity (Wildman–Crippen MR) is 125 cm³/mol. The molecule has 0 aromatic heterocycles. The molecule has 1 saturated carbocycles. The molecule has 2 aliphatic carbocycles. The van der Waals surface area contributed by atoms with Gasteiger partial charge >= 0.3 is 0 Å². The number of hydrogen-bond acceptors (Lipinski definition) is 3. The van der Waals surface area contributed by atoms with E-state index in [4.69, 9.17) is 0 Å². The van der Waals surface area contributed by atoms with Crippen LogP contribution in [0.3, 0.4) is 0 Å². The fraction of sp³-hybridized carbons (Fsp3) is 0.500. The van der Waals surface area contributed by atoms with Crippen molar-refractivity contribution in [2.75, 3.05) is 13.1 Å². The largest absolute Gasteiger partial charge is 0.333 e. The fourth-order valence-corrected chi connectivity index (χ4v) is 6.79. The van der Waals surface area contributed by atoms with Gasteiger partial charge in [-0.3, -0.25) is 4.79 Å². The smallest absolute Gasteiger partial charge is 0.243 e. The third-order valence-electron chi connectivity index (χ3n) is 7.17. The van der Waals surface area contributed by atoms with Gasteiger partial charge in [-0.2, -0.15) is 4.31 Å². The van der Waals surface area contributed by atoms with E-state index in [1.54, 1.807) is 16.4 Å². The van der Waals surface area contributed by atoms with Gasteiger partial charge in [0.1, 0.15) is 0 Å². The molecule has 1 unspecified atom stereocenters. The lowest BCUT2D eigenvalue weighted by Gasteiger charge is -2.30. The van der Waals surface area contributed by atoms with Gasteiger partial charge in [-0.05, 0) is 73.8 Å². The molecular weight excluding hydrogens is 420 g/mol. The highest BCUT2D eigenvalue weighted by Crippen LogP contribution is 2.42. The molecule has 1 heterocycles. The van der Waals surface area contributed by atoms with Crippen LogP contribution in [0.1, 0.15) is 67.7 Å². The van der Waals surface area contributed by atoms with Gasteiger partial charge in [0.05, 0.1) is 10.9 Å². The second kappa shape index (κ2) is 8.99. The minimum atomic E-state index is -3.41. The highest BCUT2D eigenvalue weighted by molar-refractivity contribution is 7.89. The number of benzene rings is 2. The number of fused-ring (bicyclic) bond motifs is 1. The molecule has 2 aromatic rings. The Labute approximate surface area is 191 Å². The minimum absolute atomic E-state index is 0.211. The summed E-state index contributed by atoms with van der Waals surface area (Å²) in [5, 5.41) is 0. The van der Waals surface area contributed by atoms with Gasteiger partial charge in [0.2, 0.25) is 15.9 Å². The van der Waals surface area contributed by atoms with E-state index in [1.807, 2.05) is 12.1 Å². The normalized spacial score (nSPS) is 21.3. The van der Waals surface area contributed by atoms with Crippen LogP contribution in [0.2, 0.25) is 0 Å². The molecule has 0 bridgehead atoms. The van der Waals surface area contributed by atoms with E-state index in [9.17, 15) is 13.2 Å². The Kier molecular flexibility index (Phi) is 6.08. The van der Waals surface area contributed by atoms with Crippen molar-refractivity contribution in [3.05, 3.63) is 65.2 Å². The number of sulfonamides is 1. The topological polar surface area (TPSA) is 57.7 Å². The number of aryl methyl sites for hydroxylation is 2. The Bertz CT molecular complexity index is 1070. The van der Waals surface area contributed by atoms with E-state index < -0.39 is 10.0 Å². The van der Waals surface area contributed by atoms with Crippen molar-refractivity contribution in [2.24, 2.45) is 0 Å². The van der Waals surface area contributed by atoms with Crippen LogP contribution >= 0.6 is 0 Å². The summed E-state index contributed by atoms with van der Waals surface area (Å²) in [4.78, 5) is 15.8. The van der Waals surface area contributed by atoms with Gasteiger partial charge in [-0.1, -0.05) is 42.8 Å². The molecule has 5 nitrogen and oxygen atoms in total. The number of rotatable bonds is 7. The lowest BCUT2D eigenvalue weighted by Crippen LogP contribution is -2.36. The molecule has 2 aromatic carbocycles. The van der Waals surface area contributed by atoms with Gasteiger partial charge in [0.15, 0.2) is 0 Å². The number of piperidine rings is 1. The zero-order valence-electron chi connectivity index (χ0n) is 18.6. The molecule has 1 amide bonds. The van der Waals surface area contributed by atoms with E-state index >= 15 is 0 Å².